The van der Waals surface area contributed by atoms with E-state index in [9.17, 15) is 9.90 Å². The molecule has 2 aliphatic rings. The number of rotatable bonds is 4. The molecule has 0 aromatic carbocycles. The highest BCUT2D eigenvalue weighted by molar-refractivity contribution is 5.71. The van der Waals surface area contributed by atoms with E-state index in [1.807, 2.05) is 0 Å². The van der Waals surface area contributed by atoms with Crippen molar-refractivity contribution in [3.8, 4) is 0 Å². The van der Waals surface area contributed by atoms with Crippen molar-refractivity contribution in [3.05, 3.63) is 11.7 Å². The highest BCUT2D eigenvalue weighted by atomic mass is 16.5. The molecule has 0 aliphatic heterocycles. The lowest BCUT2D eigenvalue weighted by atomic mass is 9.96. The van der Waals surface area contributed by atoms with E-state index in [0.29, 0.717) is 17.7 Å². The molecular formula is C15H22N2O3. The van der Waals surface area contributed by atoms with E-state index in [0.717, 1.165) is 37.9 Å². The summed E-state index contributed by atoms with van der Waals surface area (Å²) in [6.07, 6.45) is 7.33. The smallest absolute Gasteiger partial charge is 0.307 e. The van der Waals surface area contributed by atoms with Crippen molar-refractivity contribution in [2.45, 2.75) is 63.7 Å². The van der Waals surface area contributed by atoms with Gasteiger partial charge < -0.3 is 9.63 Å². The van der Waals surface area contributed by atoms with Crippen molar-refractivity contribution in [3.63, 3.8) is 0 Å². The summed E-state index contributed by atoms with van der Waals surface area (Å²) in [5.74, 6) is 1.03. The van der Waals surface area contributed by atoms with Gasteiger partial charge in [0.05, 0.1) is 11.8 Å². The normalized spacial score (nSPS) is 30.9. The molecule has 0 spiro atoms. The highest BCUT2D eigenvalue weighted by Gasteiger charge is 2.42. The van der Waals surface area contributed by atoms with Crippen LogP contribution in [0.1, 0.15) is 75.4 Å². The van der Waals surface area contributed by atoms with Crippen molar-refractivity contribution >= 4 is 5.97 Å². The molecule has 1 aromatic heterocycles. The topological polar surface area (TPSA) is 76.2 Å². The predicted molar refractivity (Wildman–Crippen MR) is 72.4 cm³/mol. The summed E-state index contributed by atoms with van der Waals surface area (Å²) in [6, 6.07) is 0. The second kappa shape index (κ2) is 5.54. The minimum atomic E-state index is -0.730. The molecule has 1 N–H and O–H groups in total. The quantitative estimate of drug-likeness (QED) is 0.914. The number of carboxylic acids is 1. The fourth-order valence-corrected chi connectivity index (χ4v) is 3.77. The monoisotopic (exact) mass is 278 g/mol. The maximum Gasteiger partial charge on any atom is 0.307 e. The molecule has 20 heavy (non-hydrogen) atoms. The molecule has 3 unspecified atom stereocenters. The Kier molecular flexibility index (Phi) is 3.76. The fraction of sp³-hybridized carbons (Fsp3) is 0.800. The third-order valence-electron chi connectivity index (χ3n) is 5.05. The lowest BCUT2D eigenvalue weighted by Gasteiger charge is -2.10. The Hall–Kier alpha value is -1.39. The largest absolute Gasteiger partial charge is 0.481 e. The van der Waals surface area contributed by atoms with Gasteiger partial charge in [-0.3, -0.25) is 4.79 Å². The van der Waals surface area contributed by atoms with Crippen LogP contribution in [0.2, 0.25) is 0 Å². The summed E-state index contributed by atoms with van der Waals surface area (Å²) in [4.78, 5) is 16.0. The molecule has 0 amide bonds. The molecule has 110 valence electrons. The Labute approximate surface area is 118 Å². The third kappa shape index (κ3) is 2.45. The van der Waals surface area contributed by atoms with E-state index in [4.69, 9.17) is 4.52 Å². The van der Waals surface area contributed by atoms with Gasteiger partial charge in [0, 0.05) is 5.92 Å². The number of nitrogens with zero attached hydrogens (tertiary/aromatic N) is 2. The molecule has 3 atom stereocenters. The van der Waals surface area contributed by atoms with Crippen LogP contribution in [0, 0.1) is 11.8 Å². The lowest BCUT2D eigenvalue weighted by Crippen LogP contribution is -2.17. The zero-order valence-corrected chi connectivity index (χ0v) is 11.9. The average Bonchev–Trinajstić information content (AvgIpc) is 3.17. The van der Waals surface area contributed by atoms with E-state index in [2.05, 4.69) is 17.1 Å². The number of carboxylic acid groups (broad SMARTS) is 1. The molecule has 3 rings (SSSR count). The van der Waals surface area contributed by atoms with Gasteiger partial charge >= 0.3 is 5.97 Å². The summed E-state index contributed by atoms with van der Waals surface area (Å²) < 4.78 is 5.41. The highest BCUT2D eigenvalue weighted by Crippen LogP contribution is 2.44. The summed E-state index contributed by atoms with van der Waals surface area (Å²) in [6.45, 7) is 2.11. The molecular weight excluding hydrogens is 256 g/mol. The van der Waals surface area contributed by atoms with Gasteiger partial charge in [0.2, 0.25) is 5.89 Å². The summed E-state index contributed by atoms with van der Waals surface area (Å²) in [5.41, 5.74) is 0. The van der Waals surface area contributed by atoms with Crippen LogP contribution in [0.4, 0.5) is 0 Å². The lowest BCUT2D eigenvalue weighted by molar-refractivity contribution is -0.142. The first-order chi connectivity index (χ1) is 9.69. The molecule has 2 fully saturated rings. The van der Waals surface area contributed by atoms with Crippen LogP contribution >= 0.6 is 0 Å². The van der Waals surface area contributed by atoms with Gasteiger partial charge in [0.15, 0.2) is 5.82 Å². The Bertz CT molecular complexity index is 479. The molecule has 0 saturated heterocycles. The molecule has 0 radical (unpaired) electrons. The Morgan fingerprint density at radius 1 is 1.35 bits per heavy atom. The molecule has 0 bridgehead atoms. The van der Waals surface area contributed by atoms with E-state index in [1.165, 1.54) is 12.8 Å². The maximum absolute atomic E-state index is 11.4. The van der Waals surface area contributed by atoms with Crippen LogP contribution in [-0.4, -0.2) is 21.2 Å². The van der Waals surface area contributed by atoms with E-state index < -0.39 is 5.97 Å². The Balaban J connectivity index is 1.78. The number of hydrogen-bond donors (Lipinski definition) is 1. The van der Waals surface area contributed by atoms with Crippen LogP contribution in [0.15, 0.2) is 4.52 Å². The minimum absolute atomic E-state index is 0.0971. The van der Waals surface area contributed by atoms with Gasteiger partial charge in [0.1, 0.15) is 0 Å². The first kappa shape index (κ1) is 13.6. The maximum atomic E-state index is 11.4. The van der Waals surface area contributed by atoms with Gasteiger partial charge in [0.25, 0.3) is 0 Å². The van der Waals surface area contributed by atoms with Crippen LogP contribution in [-0.2, 0) is 4.79 Å². The molecule has 1 aromatic rings. The van der Waals surface area contributed by atoms with Crippen LogP contribution in [0.25, 0.3) is 0 Å². The minimum Gasteiger partial charge on any atom is -0.481 e. The van der Waals surface area contributed by atoms with Crippen molar-refractivity contribution in [2.24, 2.45) is 11.8 Å². The van der Waals surface area contributed by atoms with E-state index in [-0.39, 0.29) is 11.8 Å². The van der Waals surface area contributed by atoms with Crippen LogP contribution < -0.4 is 0 Å². The average molecular weight is 278 g/mol. The van der Waals surface area contributed by atoms with Crippen molar-refractivity contribution < 1.29 is 14.4 Å². The third-order valence-corrected chi connectivity index (χ3v) is 5.05. The molecule has 5 nitrogen and oxygen atoms in total. The van der Waals surface area contributed by atoms with Crippen molar-refractivity contribution in [2.75, 3.05) is 0 Å². The SMILES string of the molecule is CCC1CC(C(=O)O)C(c2nc(C3CCCC3)no2)C1. The van der Waals surface area contributed by atoms with E-state index in [1.54, 1.807) is 0 Å². The second-order valence-corrected chi connectivity index (χ2v) is 6.27. The number of hydrogen-bond acceptors (Lipinski definition) is 4. The summed E-state index contributed by atoms with van der Waals surface area (Å²) in [7, 11) is 0. The van der Waals surface area contributed by atoms with Crippen molar-refractivity contribution in [1.82, 2.24) is 10.1 Å². The summed E-state index contributed by atoms with van der Waals surface area (Å²) in [5, 5.41) is 13.5. The standard InChI is InChI=1S/C15H22N2O3/c1-2-9-7-11(12(8-9)15(18)19)14-16-13(17-20-14)10-5-3-4-6-10/h9-12H,2-8H2,1H3,(H,18,19). The first-order valence-electron chi connectivity index (χ1n) is 7.75. The van der Waals surface area contributed by atoms with Crippen molar-refractivity contribution in [1.29, 1.82) is 0 Å². The number of aliphatic carboxylic acids is 1. The molecule has 2 aliphatic carbocycles. The van der Waals surface area contributed by atoms with E-state index >= 15 is 0 Å². The molecule has 1 heterocycles. The summed E-state index contributed by atoms with van der Waals surface area (Å²) >= 11 is 0. The van der Waals surface area contributed by atoms with Gasteiger partial charge in [-0.1, -0.05) is 31.3 Å². The Morgan fingerprint density at radius 2 is 2.10 bits per heavy atom. The molecule has 5 heteroatoms. The van der Waals surface area contributed by atoms with Gasteiger partial charge in [-0.25, -0.2) is 0 Å². The zero-order chi connectivity index (χ0) is 14.1. The number of carbonyl (C=O) groups is 1. The zero-order valence-electron chi connectivity index (χ0n) is 11.9. The Morgan fingerprint density at radius 3 is 2.75 bits per heavy atom. The van der Waals surface area contributed by atoms with Gasteiger partial charge in [-0.2, -0.15) is 4.98 Å². The van der Waals surface area contributed by atoms with Crippen LogP contribution in [0.3, 0.4) is 0 Å². The first-order valence-corrected chi connectivity index (χ1v) is 7.75. The van der Waals surface area contributed by atoms with Gasteiger partial charge in [-0.15, -0.1) is 0 Å². The van der Waals surface area contributed by atoms with Crippen LogP contribution in [0.5, 0.6) is 0 Å². The second-order valence-electron chi connectivity index (χ2n) is 6.27. The number of aromatic nitrogens is 2. The van der Waals surface area contributed by atoms with Gasteiger partial charge in [-0.05, 0) is 31.6 Å². The fourth-order valence-electron chi connectivity index (χ4n) is 3.77. The molecule has 2 saturated carbocycles. The predicted octanol–water partition coefficient (Wildman–Crippen LogP) is 3.33.